The summed E-state index contributed by atoms with van der Waals surface area (Å²) in [5.41, 5.74) is -0.159. The van der Waals surface area contributed by atoms with Gasteiger partial charge in [-0.2, -0.15) is 0 Å². The molecule has 0 aliphatic heterocycles. The number of hydrogen-bond acceptors (Lipinski definition) is 2. The van der Waals surface area contributed by atoms with E-state index in [9.17, 15) is 9.18 Å². The van der Waals surface area contributed by atoms with E-state index in [1.807, 2.05) is 0 Å². The van der Waals surface area contributed by atoms with Gasteiger partial charge in [0.1, 0.15) is 0 Å². The first-order valence-electron chi connectivity index (χ1n) is 3.89. The molecule has 0 bridgehead atoms. The van der Waals surface area contributed by atoms with Crippen LogP contribution in [-0.4, -0.2) is 19.4 Å². The van der Waals surface area contributed by atoms with Gasteiger partial charge in [-0.25, -0.2) is 4.39 Å². The molecule has 0 heterocycles. The van der Waals surface area contributed by atoms with Crippen molar-refractivity contribution >= 4 is 29.0 Å². The van der Waals surface area contributed by atoms with Gasteiger partial charge < -0.3 is 5.32 Å². The maximum Gasteiger partial charge on any atom is 0.181 e. The van der Waals surface area contributed by atoms with Crippen LogP contribution in [-0.2, 0) is 0 Å². The van der Waals surface area contributed by atoms with Gasteiger partial charge in [0, 0.05) is 0 Å². The van der Waals surface area contributed by atoms with Crippen molar-refractivity contribution in [3.63, 3.8) is 0 Å². The predicted octanol–water partition coefficient (Wildman–Crippen LogP) is 2.53. The van der Waals surface area contributed by atoms with Gasteiger partial charge in [-0.15, -0.1) is 0 Å². The van der Waals surface area contributed by atoms with E-state index >= 15 is 0 Å². The van der Waals surface area contributed by atoms with Crippen LogP contribution < -0.4 is 5.32 Å². The van der Waals surface area contributed by atoms with Crippen molar-refractivity contribution < 1.29 is 9.18 Å². The topological polar surface area (TPSA) is 29.1 Å². The Morgan fingerprint density at radius 3 is 2.57 bits per heavy atom. The average Bonchev–Trinajstić information content (AvgIpc) is 2.13. The summed E-state index contributed by atoms with van der Waals surface area (Å²) < 4.78 is 13.4. The van der Waals surface area contributed by atoms with Crippen molar-refractivity contribution in [1.29, 1.82) is 0 Å². The molecule has 0 radical (unpaired) electrons. The fraction of sp³-hybridized carbons (Fsp3) is 0.222. The fourth-order valence-electron chi connectivity index (χ4n) is 1.03. The third kappa shape index (κ3) is 2.23. The van der Waals surface area contributed by atoms with E-state index < -0.39 is 11.6 Å². The minimum Gasteiger partial charge on any atom is -0.313 e. The number of ketones is 1. The number of rotatable bonds is 3. The summed E-state index contributed by atoms with van der Waals surface area (Å²) in [6.45, 7) is 0.0248. The van der Waals surface area contributed by atoms with Gasteiger partial charge in [0.15, 0.2) is 11.6 Å². The van der Waals surface area contributed by atoms with E-state index in [2.05, 4.69) is 5.32 Å². The van der Waals surface area contributed by atoms with Crippen molar-refractivity contribution in [3.8, 4) is 0 Å². The molecule has 0 aliphatic carbocycles. The molecule has 1 aromatic carbocycles. The molecule has 5 heteroatoms. The molecule has 0 aliphatic rings. The quantitative estimate of drug-likeness (QED) is 0.645. The third-order valence-corrected chi connectivity index (χ3v) is 2.27. The smallest absolute Gasteiger partial charge is 0.181 e. The molecule has 0 saturated heterocycles. The molecule has 0 spiro atoms. The summed E-state index contributed by atoms with van der Waals surface area (Å²) in [4.78, 5) is 11.4. The number of carbonyl (C=O) groups is 1. The Kier molecular flexibility index (Phi) is 3.86. The molecule has 0 unspecified atom stereocenters. The van der Waals surface area contributed by atoms with Crippen LogP contribution in [0.25, 0.3) is 0 Å². The van der Waals surface area contributed by atoms with E-state index in [-0.39, 0.29) is 22.2 Å². The highest BCUT2D eigenvalue weighted by Crippen LogP contribution is 2.25. The second-order valence-corrected chi connectivity index (χ2v) is 3.49. The summed E-state index contributed by atoms with van der Waals surface area (Å²) in [7, 11) is 1.59. The Balaban J connectivity index is 3.18. The van der Waals surface area contributed by atoms with Crippen LogP contribution in [0.3, 0.4) is 0 Å². The summed E-state index contributed by atoms with van der Waals surface area (Å²) in [5.74, 6) is -1.18. The number of nitrogens with one attached hydrogen (secondary N) is 1. The normalized spacial score (nSPS) is 10.3. The lowest BCUT2D eigenvalue weighted by atomic mass is 10.1. The molecule has 0 atom stereocenters. The second kappa shape index (κ2) is 4.73. The number of Topliss-reactive ketones (excluding diaryl/α,β-unsaturated/α-hetero) is 1. The van der Waals surface area contributed by atoms with Gasteiger partial charge in [-0.05, 0) is 19.2 Å². The molecule has 2 nitrogen and oxygen atoms in total. The van der Waals surface area contributed by atoms with Crippen LogP contribution in [0, 0.1) is 5.82 Å². The lowest BCUT2D eigenvalue weighted by Gasteiger charge is -2.05. The van der Waals surface area contributed by atoms with Crippen LogP contribution >= 0.6 is 23.2 Å². The standard InChI is InChI=1S/C9H8Cl2FNO/c1-13-4-7(14)8-5(10)2-3-6(11)9(8)12/h2-3,13H,4H2,1H3. The Morgan fingerprint density at radius 2 is 2.00 bits per heavy atom. The molecule has 1 aromatic rings. The molecule has 1 N–H and O–H groups in total. The minimum absolute atomic E-state index is 0.0248. The van der Waals surface area contributed by atoms with E-state index in [0.29, 0.717) is 0 Å². The van der Waals surface area contributed by atoms with Crippen molar-refractivity contribution in [2.75, 3.05) is 13.6 Å². The summed E-state index contributed by atoms with van der Waals surface area (Å²) >= 11 is 11.2. The highest BCUT2D eigenvalue weighted by atomic mass is 35.5. The fourth-order valence-corrected chi connectivity index (χ4v) is 1.44. The Bertz CT molecular complexity index is 368. The Morgan fingerprint density at radius 1 is 1.43 bits per heavy atom. The maximum atomic E-state index is 13.4. The zero-order chi connectivity index (χ0) is 10.7. The second-order valence-electron chi connectivity index (χ2n) is 2.67. The molecule has 1 rings (SSSR count). The van der Waals surface area contributed by atoms with Crippen molar-refractivity contribution in [3.05, 3.63) is 33.6 Å². The zero-order valence-electron chi connectivity index (χ0n) is 7.40. The third-order valence-electron chi connectivity index (χ3n) is 1.66. The van der Waals surface area contributed by atoms with E-state index in [0.717, 1.165) is 0 Å². The van der Waals surface area contributed by atoms with Crippen molar-refractivity contribution in [2.45, 2.75) is 0 Å². The van der Waals surface area contributed by atoms with E-state index in [4.69, 9.17) is 23.2 Å². The van der Waals surface area contributed by atoms with Gasteiger partial charge in [-0.1, -0.05) is 23.2 Å². The van der Waals surface area contributed by atoms with Crippen LogP contribution in [0.4, 0.5) is 4.39 Å². The largest absolute Gasteiger partial charge is 0.313 e. The lowest BCUT2D eigenvalue weighted by Crippen LogP contribution is -2.20. The molecule has 14 heavy (non-hydrogen) atoms. The summed E-state index contributed by atoms with van der Waals surface area (Å²) in [6.07, 6.45) is 0. The summed E-state index contributed by atoms with van der Waals surface area (Å²) in [6, 6.07) is 2.71. The number of likely N-dealkylation sites (N-methyl/N-ethyl adjacent to an activating group) is 1. The van der Waals surface area contributed by atoms with Gasteiger partial charge in [0.25, 0.3) is 0 Å². The van der Waals surface area contributed by atoms with Crippen LogP contribution in [0.1, 0.15) is 10.4 Å². The number of carbonyl (C=O) groups excluding carboxylic acids is 1. The van der Waals surface area contributed by atoms with E-state index in [1.165, 1.54) is 12.1 Å². The molecule has 0 saturated carbocycles. The Labute approximate surface area is 91.0 Å². The highest BCUT2D eigenvalue weighted by Gasteiger charge is 2.17. The lowest BCUT2D eigenvalue weighted by molar-refractivity contribution is 0.0990. The number of halogens is 3. The Hall–Kier alpha value is -0.640. The van der Waals surface area contributed by atoms with Gasteiger partial charge >= 0.3 is 0 Å². The van der Waals surface area contributed by atoms with Crippen molar-refractivity contribution in [1.82, 2.24) is 5.32 Å². The molecule has 0 aromatic heterocycles. The molecular formula is C9H8Cl2FNO. The monoisotopic (exact) mass is 235 g/mol. The van der Waals surface area contributed by atoms with Gasteiger partial charge in [-0.3, -0.25) is 4.79 Å². The highest BCUT2D eigenvalue weighted by molar-refractivity contribution is 6.36. The molecular weight excluding hydrogens is 228 g/mol. The number of benzene rings is 1. The van der Waals surface area contributed by atoms with Crippen molar-refractivity contribution in [2.24, 2.45) is 0 Å². The first-order chi connectivity index (χ1) is 6.57. The van der Waals surface area contributed by atoms with Gasteiger partial charge in [0.2, 0.25) is 0 Å². The zero-order valence-corrected chi connectivity index (χ0v) is 8.92. The first kappa shape index (κ1) is 11.4. The van der Waals surface area contributed by atoms with Crippen LogP contribution in [0.2, 0.25) is 10.0 Å². The maximum absolute atomic E-state index is 13.4. The number of hydrogen-bond donors (Lipinski definition) is 1. The first-order valence-corrected chi connectivity index (χ1v) is 4.64. The molecule has 76 valence electrons. The minimum atomic E-state index is -0.764. The summed E-state index contributed by atoms with van der Waals surface area (Å²) in [5, 5.41) is 2.60. The van der Waals surface area contributed by atoms with Crippen LogP contribution in [0.5, 0.6) is 0 Å². The van der Waals surface area contributed by atoms with Crippen LogP contribution in [0.15, 0.2) is 12.1 Å². The predicted molar refractivity (Wildman–Crippen MR) is 54.7 cm³/mol. The van der Waals surface area contributed by atoms with E-state index in [1.54, 1.807) is 7.05 Å². The molecule has 0 fully saturated rings. The average molecular weight is 236 g/mol. The SMILES string of the molecule is CNCC(=O)c1c(Cl)ccc(Cl)c1F. The van der Waals surface area contributed by atoms with Gasteiger partial charge in [0.05, 0.1) is 22.2 Å². The molecule has 0 amide bonds.